The highest BCUT2D eigenvalue weighted by Crippen LogP contribution is 2.30. The lowest BCUT2D eigenvalue weighted by Gasteiger charge is -2.25. The molecule has 0 aliphatic carbocycles. The van der Waals surface area contributed by atoms with E-state index in [0.717, 1.165) is 5.56 Å². The van der Waals surface area contributed by atoms with Crippen LogP contribution in [-0.4, -0.2) is 11.7 Å². The standard InChI is InChI=1S/C11H19NOS/c1-7(2)9(4-12)11(13)10-6-14-5-8(10)3/h5-7,9,11,13H,4,12H2,1-3H3. The summed E-state index contributed by atoms with van der Waals surface area (Å²) in [6.45, 7) is 6.77. The van der Waals surface area contributed by atoms with Crippen molar-refractivity contribution in [3.8, 4) is 0 Å². The van der Waals surface area contributed by atoms with Gasteiger partial charge in [-0.05, 0) is 41.3 Å². The molecule has 1 aromatic rings. The second-order valence-corrected chi connectivity index (χ2v) is 4.84. The molecular weight excluding hydrogens is 194 g/mol. The van der Waals surface area contributed by atoms with Gasteiger partial charge >= 0.3 is 0 Å². The molecule has 0 amide bonds. The van der Waals surface area contributed by atoms with Gasteiger partial charge in [0, 0.05) is 5.92 Å². The van der Waals surface area contributed by atoms with E-state index in [1.807, 2.05) is 12.3 Å². The molecule has 2 nitrogen and oxygen atoms in total. The maximum Gasteiger partial charge on any atom is 0.0843 e. The molecule has 0 bridgehead atoms. The minimum Gasteiger partial charge on any atom is -0.388 e. The highest BCUT2D eigenvalue weighted by atomic mass is 32.1. The average Bonchev–Trinajstić information content (AvgIpc) is 2.51. The number of hydrogen-bond acceptors (Lipinski definition) is 3. The van der Waals surface area contributed by atoms with E-state index in [1.165, 1.54) is 5.56 Å². The van der Waals surface area contributed by atoms with Gasteiger partial charge in [-0.2, -0.15) is 11.3 Å². The van der Waals surface area contributed by atoms with E-state index >= 15 is 0 Å². The molecule has 3 N–H and O–H groups in total. The van der Waals surface area contributed by atoms with E-state index in [0.29, 0.717) is 12.5 Å². The third kappa shape index (κ3) is 2.35. The van der Waals surface area contributed by atoms with Crippen molar-refractivity contribution in [3.05, 3.63) is 21.9 Å². The minimum atomic E-state index is -0.411. The monoisotopic (exact) mass is 213 g/mol. The lowest BCUT2D eigenvalue weighted by atomic mass is 9.86. The Morgan fingerprint density at radius 2 is 2.07 bits per heavy atom. The summed E-state index contributed by atoms with van der Waals surface area (Å²) in [6, 6.07) is 0. The van der Waals surface area contributed by atoms with Crippen molar-refractivity contribution in [2.45, 2.75) is 26.9 Å². The minimum absolute atomic E-state index is 0.156. The maximum atomic E-state index is 10.1. The van der Waals surface area contributed by atoms with Crippen molar-refractivity contribution in [3.63, 3.8) is 0 Å². The first-order valence-electron chi connectivity index (χ1n) is 4.98. The van der Waals surface area contributed by atoms with Crippen LogP contribution in [0.25, 0.3) is 0 Å². The Morgan fingerprint density at radius 1 is 1.43 bits per heavy atom. The zero-order valence-corrected chi connectivity index (χ0v) is 9.84. The normalized spacial score (nSPS) is 15.9. The molecule has 80 valence electrons. The van der Waals surface area contributed by atoms with Crippen molar-refractivity contribution >= 4 is 11.3 Å². The van der Waals surface area contributed by atoms with Crippen LogP contribution in [0.5, 0.6) is 0 Å². The van der Waals surface area contributed by atoms with Gasteiger partial charge < -0.3 is 10.8 Å². The van der Waals surface area contributed by atoms with E-state index < -0.39 is 6.10 Å². The lowest BCUT2D eigenvalue weighted by Crippen LogP contribution is -2.26. The van der Waals surface area contributed by atoms with Gasteiger partial charge in [0.05, 0.1) is 6.10 Å². The van der Waals surface area contributed by atoms with Crippen molar-refractivity contribution in [2.24, 2.45) is 17.6 Å². The molecule has 0 spiro atoms. The smallest absolute Gasteiger partial charge is 0.0843 e. The third-order valence-electron chi connectivity index (χ3n) is 2.75. The lowest BCUT2D eigenvalue weighted by molar-refractivity contribution is 0.0860. The first-order chi connectivity index (χ1) is 6.57. The van der Waals surface area contributed by atoms with Crippen LogP contribution in [0.4, 0.5) is 0 Å². The number of aliphatic hydroxyl groups excluding tert-OH is 1. The molecule has 0 aromatic carbocycles. The largest absolute Gasteiger partial charge is 0.388 e. The van der Waals surface area contributed by atoms with E-state index in [1.54, 1.807) is 11.3 Å². The van der Waals surface area contributed by atoms with Crippen LogP contribution in [0, 0.1) is 18.8 Å². The Kier molecular flexibility index (Phi) is 4.11. The summed E-state index contributed by atoms with van der Waals surface area (Å²) in [7, 11) is 0. The van der Waals surface area contributed by atoms with Crippen LogP contribution >= 0.6 is 11.3 Å². The SMILES string of the molecule is Cc1cscc1C(O)C(CN)C(C)C. The summed E-state index contributed by atoms with van der Waals surface area (Å²) in [4.78, 5) is 0. The Balaban J connectivity index is 2.83. The van der Waals surface area contributed by atoms with Gasteiger partial charge in [0.2, 0.25) is 0 Å². The molecule has 1 rings (SSSR count). The summed E-state index contributed by atoms with van der Waals surface area (Å²) >= 11 is 1.63. The number of nitrogens with two attached hydrogens (primary N) is 1. The molecule has 0 saturated heterocycles. The van der Waals surface area contributed by atoms with E-state index in [-0.39, 0.29) is 5.92 Å². The topological polar surface area (TPSA) is 46.2 Å². The highest BCUT2D eigenvalue weighted by molar-refractivity contribution is 7.08. The Bertz CT molecular complexity index is 283. The molecule has 0 aliphatic heterocycles. The molecule has 2 unspecified atom stereocenters. The second kappa shape index (κ2) is 4.91. The molecule has 1 aromatic heterocycles. The zero-order chi connectivity index (χ0) is 10.7. The first kappa shape index (κ1) is 11.7. The predicted molar refractivity (Wildman–Crippen MR) is 61.4 cm³/mol. The van der Waals surface area contributed by atoms with Gasteiger partial charge in [-0.1, -0.05) is 13.8 Å². The Labute approximate surface area is 89.8 Å². The number of rotatable bonds is 4. The molecule has 14 heavy (non-hydrogen) atoms. The molecule has 0 radical (unpaired) electrons. The molecular formula is C11H19NOS. The van der Waals surface area contributed by atoms with E-state index in [2.05, 4.69) is 19.2 Å². The van der Waals surface area contributed by atoms with Crippen LogP contribution in [0.2, 0.25) is 0 Å². The van der Waals surface area contributed by atoms with Crippen molar-refractivity contribution < 1.29 is 5.11 Å². The highest BCUT2D eigenvalue weighted by Gasteiger charge is 2.24. The fraction of sp³-hybridized carbons (Fsp3) is 0.636. The van der Waals surface area contributed by atoms with Gasteiger partial charge in [0.1, 0.15) is 0 Å². The summed E-state index contributed by atoms with van der Waals surface area (Å²) < 4.78 is 0. The molecule has 0 saturated carbocycles. The summed E-state index contributed by atoms with van der Waals surface area (Å²) in [5, 5.41) is 14.2. The molecule has 1 heterocycles. The Hall–Kier alpha value is -0.380. The number of aliphatic hydroxyl groups is 1. The van der Waals surface area contributed by atoms with Gasteiger partial charge in [0.15, 0.2) is 0 Å². The maximum absolute atomic E-state index is 10.1. The fourth-order valence-corrected chi connectivity index (χ4v) is 2.55. The molecule has 3 heteroatoms. The fourth-order valence-electron chi connectivity index (χ4n) is 1.67. The van der Waals surface area contributed by atoms with E-state index in [4.69, 9.17) is 5.73 Å². The average molecular weight is 213 g/mol. The Morgan fingerprint density at radius 3 is 2.43 bits per heavy atom. The van der Waals surface area contributed by atoms with Gasteiger partial charge in [0.25, 0.3) is 0 Å². The number of aryl methyl sites for hydroxylation is 1. The predicted octanol–water partition coefficient (Wildman–Crippen LogP) is 2.32. The third-order valence-corrected chi connectivity index (χ3v) is 3.63. The van der Waals surface area contributed by atoms with Crippen LogP contribution in [-0.2, 0) is 0 Å². The van der Waals surface area contributed by atoms with Crippen LogP contribution in [0.1, 0.15) is 31.1 Å². The summed E-state index contributed by atoms with van der Waals surface area (Å²) in [5.41, 5.74) is 7.88. The van der Waals surface area contributed by atoms with Gasteiger partial charge in [-0.25, -0.2) is 0 Å². The number of thiophene rings is 1. The molecule has 2 atom stereocenters. The molecule has 0 aliphatic rings. The first-order valence-corrected chi connectivity index (χ1v) is 5.93. The van der Waals surface area contributed by atoms with Crippen LogP contribution in [0.15, 0.2) is 10.8 Å². The van der Waals surface area contributed by atoms with Crippen molar-refractivity contribution in [1.82, 2.24) is 0 Å². The van der Waals surface area contributed by atoms with Gasteiger partial charge in [-0.3, -0.25) is 0 Å². The van der Waals surface area contributed by atoms with Crippen molar-refractivity contribution in [1.29, 1.82) is 0 Å². The summed E-state index contributed by atoms with van der Waals surface area (Å²) in [5.74, 6) is 0.567. The van der Waals surface area contributed by atoms with Crippen LogP contribution < -0.4 is 5.73 Å². The summed E-state index contributed by atoms with van der Waals surface area (Å²) in [6.07, 6.45) is -0.411. The van der Waals surface area contributed by atoms with Crippen molar-refractivity contribution in [2.75, 3.05) is 6.54 Å². The van der Waals surface area contributed by atoms with Crippen LogP contribution in [0.3, 0.4) is 0 Å². The van der Waals surface area contributed by atoms with E-state index in [9.17, 15) is 5.11 Å². The quantitative estimate of drug-likeness (QED) is 0.806. The zero-order valence-electron chi connectivity index (χ0n) is 9.03. The molecule has 0 fully saturated rings. The second-order valence-electron chi connectivity index (χ2n) is 4.10. The number of hydrogen-bond donors (Lipinski definition) is 2. The van der Waals surface area contributed by atoms with Gasteiger partial charge in [-0.15, -0.1) is 0 Å².